The molecule has 1 heterocycles. The van der Waals surface area contributed by atoms with Gasteiger partial charge in [-0.1, -0.05) is 55.0 Å². The van der Waals surface area contributed by atoms with Crippen LogP contribution in [0.4, 0.5) is 0 Å². The molecule has 3 atom stereocenters. The number of benzene rings is 2. The first-order chi connectivity index (χ1) is 14.6. The van der Waals surface area contributed by atoms with Crippen molar-refractivity contribution in [2.24, 2.45) is 17.8 Å². The molecule has 0 saturated heterocycles. The van der Waals surface area contributed by atoms with Crippen LogP contribution in [0, 0.1) is 17.8 Å². The number of carbonyl (C=O) groups excluding carboxylic acids is 2. The lowest BCUT2D eigenvalue weighted by molar-refractivity contribution is -0.118. The summed E-state index contributed by atoms with van der Waals surface area (Å²) < 4.78 is 0. The summed E-state index contributed by atoms with van der Waals surface area (Å²) >= 11 is 0. The Balaban J connectivity index is 1.48. The van der Waals surface area contributed by atoms with E-state index in [1.54, 1.807) is 48.5 Å². The molecule has 1 amide bonds. The second kappa shape index (κ2) is 7.52. The Kier molecular flexibility index (Phi) is 4.69. The Bertz CT molecular complexity index is 1190. The number of ketones is 1. The Hall–Kier alpha value is -3.28. The normalized spacial score (nSPS) is 22.3. The summed E-state index contributed by atoms with van der Waals surface area (Å²) in [6.45, 7) is 0. The van der Waals surface area contributed by atoms with E-state index in [-0.39, 0.29) is 17.4 Å². The minimum Gasteiger partial charge on any atom is -0.287 e. The molecule has 2 saturated carbocycles. The van der Waals surface area contributed by atoms with Gasteiger partial charge in [-0.05, 0) is 43.1 Å². The van der Waals surface area contributed by atoms with Crippen molar-refractivity contribution in [1.82, 2.24) is 9.89 Å². The number of nitrogens with zero attached hydrogens (tertiary/aromatic N) is 2. The molecule has 2 aliphatic rings. The highest BCUT2D eigenvalue weighted by Crippen LogP contribution is 2.49. The number of aromatic nitrogens is 2. The number of rotatable bonds is 5. The zero-order valence-electron chi connectivity index (χ0n) is 16.6. The molecule has 0 aliphatic heterocycles. The van der Waals surface area contributed by atoms with Gasteiger partial charge in [-0.3, -0.25) is 14.4 Å². The second-order valence-corrected chi connectivity index (χ2v) is 8.48. The Morgan fingerprint density at radius 1 is 0.967 bits per heavy atom. The van der Waals surface area contributed by atoms with E-state index in [1.807, 2.05) is 6.07 Å². The van der Waals surface area contributed by atoms with E-state index in [0.29, 0.717) is 34.6 Å². The van der Waals surface area contributed by atoms with E-state index in [9.17, 15) is 14.4 Å². The second-order valence-electron chi connectivity index (χ2n) is 8.48. The minimum absolute atomic E-state index is 0.150. The standard InChI is InChI=1S/C24H23N3O3/c28-21(14-18-13-15-10-11-17(18)12-15)25-27-24(30)20-9-5-4-8-19(20)22(26-27)23(29)16-6-2-1-3-7-16/h1-9,15,17-18H,10-14H2,(H,25,28)/t15-,17+,18-/m1/s1. The Morgan fingerprint density at radius 3 is 2.40 bits per heavy atom. The van der Waals surface area contributed by atoms with Gasteiger partial charge >= 0.3 is 0 Å². The average molecular weight is 401 g/mol. The molecule has 2 aliphatic carbocycles. The third kappa shape index (κ3) is 3.32. The number of hydrogen-bond acceptors (Lipinski definition) is 4. The van der Waals surface area contributed by atoms with E-state index in [4.69, 9.17) is 0 Å². The van der Waals surface area contributed by atoms with Crippen molar-refractivity contribution in [2.75, 3.05) is 5.43 Å². The van der Waals surface area contributed by atoms with Crippen molar-refractivity contribution < 1.29 is 9.59 Å². The zero-order chi connectivity index (χ0) is 20.7. The number of nitrogens with one attached hydrogen (secondary N) is 1. The van der Waals surface area contributed by atoms with E-state index in [2.05, 4.69) is 10.5 Å². The molecule has 2 fully saturated rings. The van der Waals surface area contributed by atoms with Gasteiger partial charge in [0.2, 0.25) is 11.7 Å². The van der Waals surface area contributed by atoms with Gasteiger partial charge in [-0.25, -0.2) is 5.43 Å². The van der Waals surface area contributed by atoms with Gasteiger partial charge in [0.05, 0.1) is 5.39 Å². The highest BCUT2D eigenvalue weighted by Gasteiger charge is 2.40. The van der Waals surface area contributed by atoms with Gasteiger partial charge in [0.1, 0.15) is 5.69 Å². The van der Waals surface area contributed by atoms with Crippen LogP contribution in [0.15, 0.2) is 59.4 Å². The molecule has 0 radical (unpaired) electrons. The Labute approximate surface area is 173 Å². The third-order valence-electron chi connectivity index (χ3n) is 6.62. The Morgan fingerprint density at radius 2 is 1.70 bits per heavy atom. The maximum atomic E-state index is 13.1. The van der Waals surface area contributed by atoms with Crippen LogP contribution in [0.1, 0.15) is 48.2 Å². The van der Waals surface area contributed by atoms with Gasteiger partial charge in [0.15, 0.2) is 0 Å². The monoisotopic (exact) mass is 401 g/mol. The fraction of sp³-hybridized carbons (Fsp3) is 0.333. The van der Waals surface area contributed by atoms with Crippen molar-refractivity contribution in [3.8, 4) is 0 Å². The lowest BCUT2D eigenvalue weighted by Gasteiger charge is -2.21. The van der Waals surface area contributed by atoms with Gasteiger partial charge in [0, 0.05) is 17.4 Å². The fourth-order valence-corrected chi connectivity index (χ4v) is 5.19. The number of fused-ring (bicyclic) bond motifs is 3. The summed E-state index contributed by atoms with van der Waals surface area (Å²) in [5, 5.41) is 5.10. The van der Waals surface area contributed by atoms with Crippen LogP contribution in [0.25, 0.3) is 10.8 Å². The number of amides is 1. The summed E-state index contributed by atoms with van der Waals surface area (Å²) in [6.07, 6.45) is 5.19. The molecule has 0 spiro atoms. The van der Waals surface area contributed by atoms with E-state index >= 15 is 0 Å². The maximum Gasteiger partial charge on any atom is 0.294 e. The van der Waals surface area contributed by atoms with E-state index in [1.165, 1.54) is 19.3 Å². The molecule has 1 N–H and O–H groups in total. The number of hydrogen-bond donors (Lipinski definition) is 1. The van der Waals surface area contributed by atoms with Gasteiger partial charge in [-0.2, -0.15) is 0 Å². The SMILES string of the molecule is O=C(C[C@H]1C[C@@H]2CC[C@H]1C2)Nn1nc(C(=O)c2ccccc2)c2ccccc2c1=O. The van der Waals surface area contributed by atoms with Crippen LogP contribution < -0.4 is 11.0 Å². The van der Waals surface area contributed by atoms with Gasteiger partial charge < -0.3 is 0 Å². The first kappa shape index (κ1) is 18.7. The average Bonchev–Trinajstić information content (AvgIpc) is 3.39. The topological polar surface area (TPSA) is 81.1 Å². The van der Waals surface area contributed by atoms with E-state index in [0.717, 1.165) is 17.1 Å². The van der Waals surface area contributed by atoms with Crippen molar-refractivity contribution in [2.45, 2.75) is 32.1 Å². The van der Waals surface area contributed by atoms with E-state index < -0.39 is 5.56 Å². The molecule has 2 aromatic carbocycles. The zero-order valence-corrected chi connectivity index (χ0v) is 16.6. The third-order valence-corrected chi connectivity index (χ3v) is 6.62. The first-order valence-electron chi connectivity index (χ1n) is 10.5. The molecule has 5 rings (SSSR count). The smallest absolute Gasteiger partial charge is 0.287 e. The van der Waals surface area contributed by atoms with Crippen molar-refractivity contribution in [3.63, 3.8) is 0 Å². The summed E-state index contributed by atoms with van der Waals surface area (Å²) in [4.78, 5) is 39.6. The lowest BCUT2D eigenvalue weighted by Crippen LogP contribution is -2.37. The number of carbonyl (C=O) groups is 2. The van der Waals surface area contributed by atoms with Gasteiger partial charge in [0.25, 0.3) is 5.56 Å². The molecule has 1 aromatic heterocycles. The highest BCUT2D eigenvalue weighted by molar-refractivity contribution is 6.14. The van der Waals surface area contributed by atoms with Crippen LogP contribution in [0.2, 0.25) is 0 Å². The van der Waals surface area contributed by atoms with Crippen LogP contribution in [-0.2, 0) is 4.79 Å². The molecule has 6 nitrogen and oxygen atoms in total. The van der Waals surface area contributed by atoms with Crippen molar-refractivity contribution in [3.05, 3.63) is 76.2 Å². The highest BCUT2D eigenvalue weighted by atomic mass is 16.2. The summed E-state index contributed by atoms with van der Waals surface area (Å²) in [6, 6.07) is 15.7. The minimum atomic E-state index is -0.434. The van der Waals surface area contributed by atoms with Crippen LogP contribution >= 0.6 is 0 Å². The van der Waals surface area contributed by atoms with Crippen LogP contribution in [-0.4, -0.2) is 21.6 Å². The molecular weight excluding hydrogens is 378 g/mol. The maximum absolute atomic E-state index is 13.1. The first-order valence-corrected chi connectivity index (χ1v) is 10.5. The molecular formula is C24H23N3O3. The largest absolute Gasteiger partial charge is 0.294 e. The molecule has 152 valence electrons. The molecule has 2 bridgehead atoms. The predicted molar refractivity (Wildman–Crippen MR) is 114 cm³/mol. The van der Waals surface area contributed by atoms with Crippen LogP contribution in [0.5, 0.6) is 0 Å². The molecule has 0 unspecified atom stereocenters. The van der Waals surface area contributed by atoms with Crippen molar-refractivity contribution >= 4 is 22.5 Å². The molecule has 3 aromatic rings. The van der Waals surface area contributed by atoms with Gasteiger partial charge in [-0.15, -0.1) is 9.89 Å². The van der Waals surface area contributed by atoms with Crippen molar-refractivity contribution in [1.29, 1.82) is 0 Å². The lowest BCUT2D eigenvalue weighted by atomic mass is 9.86. The fourth-order valence-electron chi connectivity index (χ4n) is 5.19. The summed E-state index contributed by atoms with van der Waals surface area (Å²) in [5.74, 6) is 1.24. The predicted octanol–water partition coefficient (Wildman–Crippen LogP) is 3.52. The van der Waals surface area contributed by atoms with Crippen LogP contribution in [0.3, 0.4) is 0 Å². The quantitative estimate of drug-likeness (QED) is 0.663. The summed E-state index contributed by atoms with van der Waals surface area (Å²) in [5.41, 5.74) is 2.83. The summed E-state index contributed by atoms with van der Waals surface area (Å²) in [7, 11) is 0. The molecule has 30 heavy (non-hydrogen) atoms. The molecule has 6 heteroatoms.